The normalized spacial score (nSPS) is 20.1. The van der Waals surface area contributed by atoms with Crippen LogP contribution in [-0.2, 0) is 14.6 Å². The number of para-hydroxylation sites is 1. The van der Waals surface area contributed by atoms with Gasteiger partial charge in [-0.3, -0.25) is 9.78 Å². The summed E-state index contributed by atoms with van der Waals surface area (Å²) in [6.45, 7) is 0. The lowest BCUT2D eigenvalue weighted by molar-refractivity contribution is -0.119. The largest absolute Gasteiger partial charge is 0.352 e. The third kappa shape index (κ3) is 3.59. The van der Waals surface area contributed by atoms with Crippen LogP contribution in [0.2, 0.25) is 0 Å². The summed E-state index contributed by atoms with van der Waals surface area (Å²) in [4.78, 5) is 17.3. The Morgan fingerprint density at radius 3 is 2.91 bits per heavy atom. The first kappa shape index (κ1) is 15.3. The highest BCUT2D eigenvalue weighted by molar-refractivity contribution is 8.00. The predicted octanol–water partition coefficient (Wildman–Crippen LogP) is 1.63. The number of carbonyl (C=O) groups is 1. The Bertz CT molecular complexity index is 800. The van der Waals surface area contributed by atoms with Crippen molar-refractivity contribution in [1.29, 1.82) is 0 Å². The van der Waals surface area contributed by atoms with Crippen LogP contribution < -0.4 is 5.32 Å². The molecule has 2 aromatic rings. The lowest BCUT2D eigenvalue weighted by atomic mass is 10.2. The van der Waals surface area contributed by atoms with Crippen molar-refractivity contribution in [2.24, 2.45) is 0 Å². The molecule has 1 N–H and O–H groups in total. The first-order valence-electron chi connectivity index (χ1n) is 7.00. The summed E-state index contributed by atoms with van der Waals surface area (Å²) in [6, 6.07) is 9.47. The van der Waals surface area contributed by atoms with E-state index < -0.39 is 9.84 Å². The lowest BCUT2D eigenvalue weighted by Crippen LogP contribution is -2.36. The van der Waals surface area contributed by atoms with Gasteiger partial charge in [0.15, 0.2) is 9.84 Å². The summed E-state index contributed by atoms with van der Waals surface area (Å²) in [5, 5.41) is 3.83. The molecule has 116 valence electrons. The zero-order valence-electron chi connectivity index (χ0n) is 11.9. The maximum absolute atomic E-state index is 12.0. The van der Waals surface area contributed by atoms with Crippen LogP contribution in [0, 0.1) is 0 Å². The number of thioether (sulfide) groups is 1. The van der Waals surface area contributed by atoms with E-state index in [1.807, 2.05) is 30.3 Å². The molecule has 3 rings (SSSR count). The molecule has 1 aliphatic heterocycles. The standard InChI is InChI=1S/C15H16N2O3S2/c18-14(17-12-6-8-22(19,20)10-12)9-21-13-5-1-3-11-4-2-7-16-15(11)13/h1-5,7,12H,6,8-10H2,(H,17,18)/t12-/m1/s1. The number of benzene rings is 1. The summed E-state index contributed by atoms with van der Waals surface area (Å²) in [5.41, 5.74) is 0.881. The molecule has 0 radical (unpaired) electrons. The Morgan fingerprint density at radius 2 is 2.14 bits per heavy atom. The van der Waals surface area contributed by atoms with E-state index in [1.54, 1.807) is 6.20 Å². The molecular formula is C15H16N2O3S2. The predicted molar refractivity (Wildman–Crippen MR) is 87.7 cm³/mol. The second kappa shape index (κ2) is 6.26. The summed E-state index contributed by atoms with van der Waals surface area (Å²) in [7, 11) is -2.97. The molecule has 1 saturated heterocycles. The number of fused-ring (bicyclic) bond motifs is 1. The van der Waals surface area contributed by atoms with Gasteiger partial charge in [0.2, 0.25) is 5.91 Å². The number of hydrogen-bond acceptors (Lipinski definition) is 5. The molecular weight excluding hydrogens is 320 g/mol. The highest BCUT2D eigenvalue weighted by Gasteiger charge is 2.28. The Morgan fingerprint density at radius 1 is 1.32 bits per heavy atom. The topological polar surface area (TPSA) is 76.1 Å². The number of rotatable bonds is 4. The number of sulfone groups is 1. The van der Waals surface area contributed by atoms with Gasteiger partial charge in [0, 0.05) is 22.5 Å². The minimum Gasteiger partial charge on any atom is -0.352 e. The Balaban J connectivity index is 1.61. The Labute approximate surface area is 133 Å². The van der Waals surface area contributed by atoms with Gasteiger partial charge in [0.1, 0.15) is 0 Å². The first-order chi connectivity index (χ1) is 10.5. The number of amides is 1. The van der Waals surface area contributed by atoms with E-state index in [0.717, 1.165) is 15.8 Å². The molecule has 0 spiro atoms. The van der Waals surface area contributed by atoms with Gasteiger partial charge in [-0.25, -0.2) is 8.42 Å². The van der Waals surface area contributed by atoms with Gasteiger partial charge >= 0.3 is 0 Å². The minimum atomic E-state index is -2.97. The van der Waals surface area contributed by atoms with Crippen molar-refractivity contribution in [2.75, 3.05) is 17.3 Å². The van der Waals surface area contributed by atoms with Gasteiger partial charge in [-0.1, -0.05) is 18.2 Å². The molecule has 1 fully saturated rings. The molecule has 7 heteroatoms. The fourth-order valence-electron chi connectivity index (χ4n) is 2.51. The first-order valence-corrected chi connectivity index (χ1v) is 9.80. The zero-order chi connectivity index (χ0) is 15.6. The quantitative estimate of drug-likeness (QED) is 0.859. The van der Waals surface area contributed by atoms with Crippen molar-refractivity contribution in [1.82, 2.24) is 10.3 Å². The van der Waals surface area contributed by atoms with Crippen LogP contribution in [0.1, 0.15) is 6.42 Å². The van der Waals surface area contributed by atoms with Gasteiger partial charge in [0.05, 0.1) is 22.8 Å². The maximum atomic E-state index is 12.0. The fraction of sp³-hybridized carbons (Fsp3) is 0.333. The zero-order valence-corrected chi connectivity index (χ0v) is 13.5. The number of hydrogen-bond donors (Lipinski definition) is 1. The maximum Gasteiger partial charge on any atom is 0.230 e. The molecule has 0 aliphatic carbocycles. The van der Waals surface area contributed by atoms with Crippen molar-refractivity contribution in [3.63, 3.8) is 0 Å². The molecule has 1 atom stereocenters. The van der Waals surface area contributed by atoms with E-state index >= 15 is 0 Å². The van der Waals surface area contributed by atoms with Crippen LogP contribution in [0.5, 0.6) is 0 Å². The highest BCUT2D eigenvalue weighted by Crippen LogP contribution is 2.26. The monoisotopic (exact) mass is 336 g/mol. The van der Waals surface area contributed by atoms with Crippen molar-refractivity contribution < 1.29 is 13.2 Å². The molecule has 5 nitrogen and oxygen atoms in total. The molecule has 0 unspecified atom stereocenters. The van der Waals surface area contributed by atoms with Crippen LogP contribution in [0.3, 0.4) is 0 Å². The van der Waals surface area contributed by atoms with Gasteiger partial charge in [0.25, 0.3) is 0 Å². The molecule has 0 bridgehead atoms. The molecule has 1 aliphatic rings. The average Bonchev–Trinajstić information content (AvgIpc) is 2.84. The van der Waals surface area contributed by atoms with E-state index in [4.69, 9.17) is 0 Å². The van der Waals surface area contributed by atoms with Crippen LogP contribution in [0.25, 0.3) is 10.9 Å². The number of nitrogens with zero attached hydrogens (tertiary/aromatic N) is 1. The SMILES string of the molecule is O=C(CSc1cccc2cccnc12)N[C@@H]1CCS(=O)(=O)C1. The molecule has 1 aromatic heterocycles. The number of nitrogens with one attached hydrogen (secondary N) is 1. The van der Waals surface area contributed by atoms with Gasteiger partial charge in [-0.05, 0) is 18.6 Å². The van der Waals surface area contributed by atoms with E-state index in [0.29, 0.717) is 6.42 Å². The van der Waals surface area contributed by atoms with Gasteiger partial charge < -0.3 is 5.32 Å². The van der Waals surface area contributed by atoms with E-state index in [1.165, 1.54) is 11.8 Å². The third-order valence-electron chi connectivity index (χ3n) is 3.55. The summed E-state index contributed by atoms with van der Waals surface area (Å²) >= 11 is 1.42. The summed E-state index contributed by atoms with van der Waals surface area (Å²) < 4.78 is 22.8. The number of carbonyl (C=O) groups excluding carboxylic acids is 1. The van der Waals surface area contributed by atoms with Crippen LogP contribution >= 0.6 is 11.8 Å². The van der Waals surface area contributed by atoms with Crippen LogP contribution in [-0.4, -0.2) is 42.6 Å². The van der Waals surface area contributed by atoms with Crippen molar-refractivity contribution in [3.8, 4) is 0 Å². The smallest absolute Gasteiger partial charge is 0.230 e. The average molecular weight is 336 g/mol. The van der Waals surface area contributed by atoms with Crippen molar-refractivity contribution >= 4 is 38.4 Å². The van der Waals surface area contributed by atoms with Crippen LogP contribution in [0.15, 0.2) is 41.4 Å². The molecule has 1 aromatic carbocycles. The Kier molecular flexibility index (Phi) is 4.35. The number of aromatic nitrogens is 1. The molecule has 1 amide bonds. The molecule has 2 heterocycles. The number of pyridine rings is 1. The molecule has 22 heavy (non-hydrogen) atoms. The van der Waals surface area contributed by atoms with Gasteiger partial charge in [-0.15, -0.1) is 11.8 Å². The van der Waals surface area contributed by atoms with Crippen molar-refractivity contribution in [2.45, 2.75) is 17.4 Å². The van der Waals surface area contributed by atoms with E-state index in [9.17, 15) is 13.2 Å². The lowest BCUT2D eigenvalue weighted by Gasteiger charge is -2.11. The second-order valence-corrected chi connectivity index (χ2v) is 8.53. The minimum absolute atomic E-state index is 0.0548. The van der Waals surface area contributed by atoms with Gasteiger partial charge in [-0.2, -0.15) is 0 Å². The Hall–Kier alpha value is -1.60. The second-order valence-electron chi connectivity index (χ2n) is 5.29. The van der Waals surface area contributed by atoms with Crippen molar-refractivity contribution in [3.05, 3.63) is 36.5 Å². The highest BCUT2D eigenvalue weighted by atomic mass is 32.2. The van der Waals surface area contributed by atoms with Crippen LogP contribution in [0.4, 0.5) is 0 Å². The summed E-state index contributed by atoms with van der Waals surface area (Å²) in [5.74, 6) is 0.337. The van der Waals surface area contributed by atoms with E-state index in [-0.39, 0.29) is 29.2 Å². The van der Waals surface area contributed by atoms with E-state index in [2.05, 4.69) is 10.3 Å². The fourth-order valence-corrected chi connectivity index (χ4v) is 5.04. The molecule has 0 saturated carbocycles. The third-order valence-corrected chi connectivity index (χ3v) is 6.37. The summed E-state index contributed by atoms with van der Waals surface area (Å²) in [6.07, 6.45) is 2.24.